The molecule has 1 aliphatic heterocycles. The van der Waals surface area contributed by atoms with Crippen LogP contribution in [-0.2, 0) is 5.60 Å². The molecule has 0 saturated carbocycles. The predicted octanol–water partition coefficient (Wildman–Crippen LogP) is 2.27. The summed E-state index contributed by atoms with van der Waals surface area (Å²) in [5.41, 5.74) is -0.751. The Kier molecular flexibility index (Phi) is 3.45. The van der Waals surface area contributed by atoms with Crippen LogP contribution >= 0.6 is 0 Å². The van der Waals surface area contributed by atoms with Crippen molar-refractivity contribution < 1.29 is 13.9 Å². The van der Waals surface area contributed by atoms with E-state index in [1.807, 2.05) is 7.05 Å². The number of halogens is 2. The van der Waals surface area contributed by atoms with Gasteiger partial charge in [0.25, 0.3) is 0 Å². The molecule has 1 unspecified atom stereocenters. The maximum atomic E-state index is 13.2. The van der Waals surface area contributed by atoms with Crippen LogP contribution in [0.3, 0.4) is 0 Å². The van der Waals surface area contributed by atoms with Gasteiger partial charge >= 0.3 is 0 Å². The highest BCUT2D eigenvalue weighted by Crippen LogP contribution is 2.33. The molecule has 1 aromatic rings. The van der Waals surface area contributed by atoms with Gasteiger partial charge in [-0.3, -0.25) is 0 Å². The Hall–Kier alpha value is -1.00. The molecular formula is C13H17F2NO. The molecule has 1 saturated heterocycles. The number of benzene rings is 1. The van der Waals surface area contributed by atoms with E-state index in [1.54, 1.807) is 0 Å². The first kappa shape index (κ1) is 12.5. The van der Waals surface area contributed by atoms with Gasteiger partial charge in [0.1, 0.15) is 11.6 Å². The smallest absolute Gasteiger partial charge is 0.126 e. The molecule has 1 N–H and O–H groups in total. The summed E-state index contributed by atoms with van der Waals surface area (Å²) >= 11 is 0. The molecule has 0 spiro atoms. The van der Waals surface area contributed by atoms with Crippen molar-refractivity contribution in [1.82, 2.24) is 4.90 Å². The zero-order chi connectivity index (χ0) is 12.5. The fourth-order valence-corrected chi connectivity index (χ4v) is 2.37. The Morgan fingerprint density at radius 2 is 1.76 bits per heavy atom. The number of nitrogens with zero attached hydrogens (tertiary/aromatic N) is 1. The number of aliphatic hydroxyl groups is 1. The van der Waals surface area contributed by atoms with Gasteiger partial charge in [-0.1, -0.05) is 0 Å². The third-order valence-corrected chi connectivity index (χ3v) is 3.44. The SMILES string of the molecule is CN1CCCC(O)(c2cc(F)cc(F)c2)CC1. The zero-order valence-electron chi connectivity index (χ0n) is 9.92. The Balaban J connectivity index is 2.29. The molecule has 0 aliphatic carbocycles. The van der Waals surface area contributed by atoms with E-state index in [2.05, 4.69) is 4.90 Å². The Labute approximate surface area is 99.9 Å². The van der Waals surface area contributed by atoms with Crippen molar-refractivity contribution >= 4 is 0 Å². The summed E-state index contributed by atoms with van der Waals surface area (Å²) in [6.07, 6.45) is 1.87. The summed E-state index contributed by atoms with van der Waals surface area (Å²) in [6.45, 7) is 1.63. The first-order valence-corrected chi connectivity index (χ1v) is 5.87. The van der Waals surface area contributed by atoms with Gasteiger partial charge in [-0.2, -0.15) is 0 Å². The van der Waals surface area contributed by atoms with E-state index in [0.717, 1.165) is 25.6 Å². The second kappa shape index (κ2) is 4.70. The predicted molar refractivity (Wildman–Crippen MR) is 61.6 cm³/mol. The third kappa shape index (κ3) is 2.82. The van der Waals surface area contributed by atoms with Gasteiger partial charge in [-0.15, -0.1) is 0 Å². The minimum atomic E-state index is -1.10. The van der Waals surface area contributed by atoms with Crippen molar-refractivity contribution in [2.24, 2.45) is 0 Å². The van der Waals surface area contributed by atoms with E-state index in [4.69, 9.17) is 0 Å². The largest absolute Gasteiger partial charge is 0.385 e. The Bertz CT molecular complexity index is 390. The van der Waals surface area contributed by atoms with Crippen LogP contribution in [0.5, 0.6) is 0 Å². The van der Waals surface area contributed by atoms with Crippen LogP contribution in [0.2, 0.25) is 0 Å². The molecule has 2 rings (SSSR count). The van der Waals surface area contributed by atoms with Crippen molar-refractivity contribution in [2.45, 2.75) is 24.9 Å². The van der Waals surface area contributed by atoms with Crippen molar-refractivity contribution in [2.75, 3.05) is 20.1 Å². The van der Waals surface area contributed by atoms with Crippen LogP contribution in [0.1, 0.15) is 24.8 Å². The van der Waals surface area contributed by atoms with E-state index >= 15 is 0 Å². The van der Waals surface area contributed by atoms with E-state index in [0.29, 0.717) is 18.4 Å². The lowest BCUT2D eigenvalue weighted by atomic mass is 9.87. The standard InChI is InChI=1S/C13H17F2NO/c1-16-5-2-3-13(17,4-6-16)10-7-11(14)9-12(15)8-10/h7-9,17H,2-6H2,1H3. The zero-order valence-corrected chi connectivity index (χ0v) is 9.92. The van der Waals surface area contributed by atoms with Gasteiger partial charge in [0.05, 0.1) is 5.60 Å². The number of hydrogen-bond acceptors (Lipinski definition) is 2. The second-order valence-electron chi connectivity index (χ2n) is 4.85. The summed E-state index contributed by atoms with van der Waals surface area (Å²) in [5, 5.41) is 10.5. The highest BCUT2D eigenvalue weighted by molar-refractivity contribution is 5.24. The van der Waals surface area contributed by atoms with E-state index in [1.165, 1.54) is 12.1 Å². The molecular weight excluding hydrogens is 224 g/mol. The summed E-state index contributed by atoms with van der Waals surface area (Å²) < 4.78 is 26.3. The fourth-order valence-electron chi connectivity index (χ4n) is 2.37. The highest BCUT2D eigenvalue weighted by Gasteiger charge is 2.31. The van der Waals surface area contributed by atoms with Crippen LogP contribution in [0, 0.1) is 11.6 Å². The Morgan fingerprint density at radius 3 is 2.41 bits per heavy atom. The van der Waals surface area contributed by atoms with Crippen molar-refractivity contribution in [3.05, 3.63) is 35.4 Å². The molecule has 0 aromatic heterocycles. The van der Waals surface area contributed by atoms with E-state index in [-0.39, 0.29) is 0 Å². The number of likely N-dealkylation sites (tertiary alicyclic amines) is 1. The van der Waals surface area contributed by atoms with Gasteiger partial charge in [0, 0.05) is 12.6 Å². The van der Waals surface area contributed by atoms with Gasteiger partial charge < -0.3 is 10.0 Å². The van der Waals surface area contributed by atoms with Gasteiger partial charge in [-0.05, 0) is 50.6 Å². The minimum absolute atomic E-state index is 0.352. The van der Waals surface area contributed by atoms with Crippen LogP contribution in [-0.4, -0.2) is 30.1 Å². The summed E-state index contributed by atoms with van der Waals surface area (Å²) in [5.74, 6) is -1.27. The Morgan fingerprint density at radius 1 is 1.12 bits per heavy atom. The average molecular weight is 241 g/mol. The molecule has 94 valence electrons. The van der Waals surface area contributed by atoms with Crippen molar-refractivity contribution in [3.63, 3.8) is 0 Å². The quantitative estimate of drug-likeness (QED) is 0.815. The van der Waals surface area contributed by atoms with Crippen molar-refractivity contribution in [1.29, 1.82) is 0 Å². The monoisotopic (exact) mass is 241 g/mol. The van der Waals surface area contributed by atoms with Crippen LogP contribution in [0.4, 0.5) is 8.78 Å². The molecule has 17 heavy (non-hydrogen) atoms. The average Bonchev–Trinajstić information content (AvgIpc) is 2.41. The maximum Gasteiger partial charge on any atom is 0.126 e. The molecule has 1 heterocycles. The highest BCUT2D eigenvalue weighted by atomic mass is 19.1. The molecule has 1 aromatic carbocycles. The maximum absolute atomic E-state index is 13.2. The molecule has 4 heteroatoms. The number of hydrogen-bond donors (Lipinski definition) is 1. The van der Waals surface area contributed by atoms with Gasteiger partial charge in [-0.25, -0.2) is 8.78 Å². The first-order chi connectivity index (χ1) is 7.99. The summed E-state index contributed by atoms with van der Waals surface area (Å²) in [6, 6.07) is 3.29. The lowest BCUT2D eigenvalue weighted by Crippen LogP contribution is -2.28. The summed E-state index contributed by atoms with van der Waals surface area (Å²) in [4.78, 5) is 2.12. The molecule has 1 fully saturated rings. The summed E-state index contributed by atoms with van der Waals surface area (Å²) in [7, 11) is 1.98. The van der Waals surface area contributed by atoms with Crippen LogP contribution in [0.15, 0.2) is 18.2 Å². The molecule has 0 amide bonds. The van der Waals surface area contributed by atoms with E-state index in [9.17, 15) is 13.9 Å². The lowest BCUT2D eigenvalue weighted by Gasteiger charge is -2.27. The molecule has 2 nitrogen and oxygen atoms in total. The normalized spacial score (nSPS) is 26.8. The van der Waals surface area contributed by atoms with Crippen molar-refractivity contribution in [3.8, 4) is 0 Å². The van der Waals surface area contributed by atoms with Gasteiger partial charge in [0.2, 0.25) is 0 Å². The number of rotatable bonds is 1. The van der Waals surface area contributed by atoms with Gasteiger partial charge in [0.15, 0.2) is 0 Å². The topological polar surface area (TPSA) is 23.5 Å². The molecule has 1 aliphatic rings. The molecule has 1 atom stereocenters. The fraction of sp³-hybridized carbons (Fsp3) is 0.538. The second-order valence-corrected chi connectivity index (χ2v) is 4.85. The van der Waals surface area contributed by atoms with E-state index < -0.39 is 17.2 Å². The molecule has 0 bridgehead atoms. The first-order valence-electron chi connectivity index (χ1n) is 5.87. The molecule has 0 radical (unpaired) electrons. The van der Waals surface area contributed by atoms with Crippen LogP contribution in [0.25, 0.3) is 0 Å². The lowest BCUT2D eigenvalue weighted by molar-refractivity contribution is 0.0212. The third-order valence-electron chi connectivity index (χ3n) is 3.44. The van der Waals surface area contributed by atoms with Crippen LogP contribution < -0.4 is 0 Å². The minimum Gasteiger partial charge on any atom is -0.385 e.